The SMILES string of the molecule is Nc1cc2cnncc2o1. The molecule has 0 aromatic carbocycles. The summed E-state index contributed by atoms with van der Waals surface area (Å²) in [6, 6.07) is 1.71. The number of nitrogens with two attached hydrogens (primary N) is 1. The normalized spacial score (nSPS) is 10.4. The molecule has 2 heterocycles. The molecule has 0 unspecified atom stereocenters. The van der Waals surface area contributed by atoms with Crippen molar-refractivity contribution in [1.82, 2.24) is 10.2 Å². The van der Waals surface area contributed by atoms with Crippen LogP contribution in [0.15, 0.2) is 22.9 Å². The molecule has 0 aliphatic rings. The van der Waals surface area contributed by atoms with E-state index in [1.54, 1.807) is 12.3 Å². The number of hydrogen-bond donors (Lipinski definition) is 1. The van der Waals surface area contributed by atoms with E-state index in [2.05, 4.69) is 10.2 Å². The Bertz CT molecular complexity index is 322. The number of fused-ring (bicyclic) bond motifs is 1. The highest BCUT2D eigenvalue weighted by Crippen LogP contribution is 2.17. The molecule has 2 N–H and O–H groups in total. The molecule has 0 amide bonds. The summed E-state index contributed by atoms with van der Waals surface area (Å²) >= 11 is 0. The predicted octanol–water partition coefficient (Wildman–Crippen LogP) is 0.805. The fraction of sp³-hybridized carbons (Fsp3) is 0. The third-order valence-electron chi connectivity index (χ3n) is 1.25. The van der Waals surface area contributed by atoms with Crippen LogP contribution in [0.25, 0.3) is 11.0 Å². The summed E-state index contributed by atoms with van der Waals surface area (Å²) in [6.45, 7) is 0. The van der Waals surface area contributed by atoms with E-state index in [0.29, 0.717) is 11.5 Å². The lowest BCUT2D eigenvalue weighted by Gasteiger charge is -1.80. The first-order valence-corrected chi connectivity index (χ1v) is 2.82. The molecule has 2 aromatic rings. The van der Waals surface area contributed by atoms with Gasteiger partial charge in [0.1, 0.15) is 0 Å². The van der Waals surface area contributed by atoms with Gasteiger partial charge in [0, 0.05) is 11.5 Å². The Morgan fingerprint density at radius 2 is 2.10 bits per heavy atom. The van der Waals surface area contributed by atoms with E-state index in [9.17, 15) is 0 Å². The Balaban J connectivity index is 2.88. The highest BCUT2D eigenvalue weighted by atomic mass is 16.3. The number of aromatic nitrogens is 2. The zero-order chi connectivity index (χ0) is 6.97. The summed E-state index contributed by atoms with van der Waals surface area (Å²) in [5, 5.41) is 8.17. The van der Waals surface area contributed by atoms with Crippen molar-refractivity contribution >= 4 is 16.9 Å². The first-order valence-electron chi connectivity index (χ1n) is 2.82. The molecular formula is C6H5N3O. The van der Waals surface area contributed by atoms with Crippen molar-refractivity contribution in [3.63, 3.8) is 0 Å². The van der Waals surface area contributed by atoms with Gasteiger partial charge in [-0.15, -0.1) is 0 Å². The standard InChI is InChI=1S/C6H5N3O/c7-6-1-4-2-8-9-3-5(4)10-6/h1-3H,7H2. The van der Waals surface area contributed by atoms with E-state index in [-0.39, 0.29) is 0 Å². The number of anilines is 1. The molecule has 4 heteroatoms. The lowest BCUT2D eigenvalue weighted by molar-refractivity contribution is 0.634. The minimum Gasteiger partial charge on any atom is -0.439 e. The van der Waals surface area contributed by atoms with Crippen molar-refractivity contribution in [3.05, 3.63) is 18.5 Å². The highest BCUT2D eigenvalue weighted by Gasteiger charge is 1.97. The quantitative estimate of drug-likeness (QED) is 0.580. The van der Waals surface area contributed by atoms with Gasteiger partial charge in [-0.3, -0.25) is 0 Å². The summed E-state index contributed by atoms with van der Waals surface area (Å²) in [7, 11) is 0. The van der Waals surface area contributed by atoms with Gasteiger partial charge in [0.15, 0.2) is 11.5 Å². The maximum absolute atomic E-state index is 5.37. The van der Waals surface area contributed by atoms with Gasteiger partial charge in [-0.1, -0.05) is 0 Å². The second-order valence-corrected chi connectivity index (χ2v) is 1.96. The Labute approximate surface area is 56.7 Å². The first kappa shape index (κ1) is 5.22. The molecule has 0 fully saturated rings. The molecule has 2 aromatic heterocycles. The fourth-order valence-electron chi connectivity index (χ4n) is 0.823. The van der Waals surface area contributed by atoms with Crippen LogP contribution in [-0.4, -0.2) is 10.2 Å². The van der Waals surface area contributed by atoms with Crippen LogP contribution >= 0.6 is 0 Å². The summed E-state index contributed by atoms with van der Waals surface area (Å²) in [5.41, 5.74) is 6.04. The van der Waals surface area contributed by atoms with Crippen molar-refractivity contribution in [2.24, 2.45) is 0 Å². The Kier molecular flexibility index (Phi) is 0.887. The van der Waals surface area contributed by atoms with Crippen molar-refractivity contribution in [1.29, 1.82) is 0 Å². The van der Waals surface area contributed by atoms with E-state index in [4.69, 9.17) is 10.2 Å². The topological polar surface area (TPSA) is 64.9 Å². The van der Waals surface area contributed by atoms with Crippen LogP contribution in [0.1, 0.15) is 0 Å². The third kappa shape index (κ3) is 0.621. The monoisotopic (exact) mass is 135 g/mol. The smallest absolute Gasteiger partial charge is 0.191 e. The predicted molar refractivity (Wildman–Crippen MR) is 36.2 cm³/mol. The molecule has 10 heavy (non-hydrogen) atoms. The molecule has 0 spiro atoms. The summed E-state index contributed by atoms with van der Waals surface area (Å²) in [4.78, 5) is 0. The molecule has 4 nitrogen and oxygen atoms in total. The van der Waals surface area contributed by atoms with E-state index in [1.807, 2.05) is 0 Å². The Hall–Kier alpha value is -1.58. The van der Waals surface area contributed by atoms with Crippen LogP contribution in [0.2, 0.25) is 0 Å². The summed E-state index contributed by atoms with van der Waals surface area (Å²) in [6.07, 6.45) is 3.14. The number of rotatable bonds is 0. The van der Waals surface area contributed by atoms with Gasteiger partial charge in [-0.2, -0.15) is 10.2 Å². The van der Waals surface area contributed by atoms with Gasteiger partial charge in [0.2, 0.25) is 0 Å². The molecule has 0 aliphatic heterocycles. The van der Waals surface area contributed by atoms with Crippen molar-refractivity contribution in [3.8, 4) is 0 Å². The van der Waals surface area contributed by atoms with Crippen molar-refractivity contribution in [2.45, 2.75) is 0 Å². The summed E-state index contributed by atoms with van der Waals surface area (Å²) in [5.74, 6) is 0.393. The van der Waals surface area contributed by atoms with Crippen molar-refractivity contribution < 1.29 is 4.42 Å². The zero-order valence-electron chi connectivity index (χ0n) is 5.11. The lowest BCUT2D eigenvalue weighted by atomic mass is 10.4. The van der Waals surface area contributed by atoms with Crippen LogP contribution in [-0.2, 0) is 0 Å². The van der Waals surface area contributed by atoms with Crippen molar-refractivity contribution in [2.75, 3.05) is 5.73 Å². The molecule has 0 aliphatic carbocycles. The molecule has 0 saturated heterocycles. The molecule has 0 radical (unpaired) electrons. The number of furan rings is 1. The fourth-order valence-corrected chi connectivity index (χ4v) is 0.823. The van der Waals surface area contributed by atoms with Gasteiger partial charge < -0.3 is 10.2 Å². The molecule has 0 atom stereocenters. The average Bonchev–Trinajstić information content (AvgIpc) is 2.27. The van der Waals surface area contributed by atoms with Gasteiger partial charge >= 0.3 is 0 Å². The largest absolute Gasteiger partial charge is 0.439 e. The van der Waals surface area contributed by atoms with Gasteiger partial charge in [-0.25, -0.2) is 0 Å². The van der Waals surface area contributed by atoms with Gasteiger partial charge in [-0.05, 0) is 0 Å². The number of nitrogens with zero attached hydrogens (tertiary/aromatic N) is 2. The Morgan fingerprint density at radius 3 is 2.90 bits per heavy atom. The van der Waals surface area contributed by atoms with E-state index in [0.717, 1.165) is 5.39 Å². The lowest BCUT2D eigenvalue weighted by Crippen LogP contribution is -1.75. The summed E-state index contributed by atoms with van der Waals surface area (Å²) < 4.78 is 5.04. The minimum atomic E-state index is 0.393. The van der Waals surface area contributed by atoms with Gasteiger partial charge in [0.05, 0.1) is 12.4 Å². The molecule has 50 valence electrons. The first-order chi connectivity index (χ1) is 4.86. The third-order valence-corrected chi connectivity index (χ3v) is 1.25. The maximum Gasteiger partial charge on any atom is 0.191 e. The second-order valence-electron chi connectivity index (χ2n) is 1.96. The highest BCUT2D eigenvalue weighted by molar-refractivity contribution is 5.78. The molecule has 0 saturated carbocycles. The second kappa shape index (κ2) is 1.70. The van der Waals surface area contributed by atoms with E-state index >= 15 is 0 Å². The van der Waals surface area contributed by atoms with E-state index in [1.165, 1.54) is 6.20 Å². The van der Waals surface area contributed by atoms with Crippen LogP contribution < -0.4 is 5.73 Å². The average molecular weight is 135 g/mol. The van der Waals surface area contributed by atoms with Crippen LogP contribution in [0.4, 0.5) is 5.88 Å². The van der Waals surface area contributed by atoms with Gasteiger partial charge in [0.25, 0.3) is 0 Å². The molecule has 0 bridgehead atoms. The minimum absolute atomic E-state index is 0.393. The number of hydrogen-bond acceptors (Lipinski definition) is 4. The Morgan fingerprint density at radius 1 is 1.30 bits per heavy atom. The van der Waals surface area contributed by atoms with Crippen LogP contribution in [0, 0.1) is 0 Å². The number of nitrogen functional groups attached to an aromatic ring is 1. The molecular weight excluding hydrogens is 130 g/mol. The van der Waals surface area contributed by atoms with E-state index < -0.39 is 0 Å². The molecule has 2 rings (SSSR count). The van der Waals surface area contributed by atoms with Crippen LogP contribution in [0.5, 0.6) is 0 Å². The van der Waals surface area contributed by atoms with Crippen LogP contribution in [0.3, 0.4) is 0 Å². The maximum atomic E-state index is 5.37. The zero-order valence-corrected chi connectivity index (χ0v) is 5.11.